The van der Waals surface area contributed by atoms with Gasteiger partial charge >= 0.3 is 6.09 Å². The lowest BCUT2D eigenvalue weighted by atomic mass is 9.72. The van der Waals surface area contributed by atoms with Gasteiger partial charge in [0.1, 0.15) is 29.0 Å². The van der Waals surface area contributed by atoms with Crippen LogP contribution in [-0.4, -0.2) is 76.0 Å². The van der Waals surface area contributed by atoms with Crippen LogP contribution in [0.1, 0.15) is 75.8 Å². The van der Waals surface area contributed by atoms with E-state index in [9.17, 15) is 34.5 Å². The third-order valence-corrected chi connectivity index (χ3v) is 8.27. The first-order valence-electron chi connectivity index (χ1n) is 12.8. The molecule has 0 spiro atoms. The number of carbonyl (C=O) groups is 4. The van der Waals surface area contributed by atoms with E-state index in [1.54, 1.807) is 6.92 Å². The second-order valence-corrected chi connectivity index (χ2v) is 10.6. The average Bonchev–Trinajstić information content (AvgIpc) is 3.29. The molecule has 2 aliphatic heterocycles. The van der Waals surface area contributed by atoms with E-state index in [0.717, 1.165) is 0 Å². The number of nitrogens with one attached hydrogen (secondary N) is 1. The number of ketones is 3. The first kappa shape index (κ1) is 26.2. The SMILES string of the molecule is COc1cccc2c1C(=O)c1c(O)c3c(c(O)c1C2=O)C[C@@](O)(C(C)=O)C[C@@H]3OC1CC2NC(=O)OC2[C@@H](C)O1. The molecule has 2 aromatic carbocycles. The van der Waals surface area contributed by atoms with E-state index in [1.807, 2.05) is 0 Å². The fraction of sp³-hybridized carbons (Fsp3) is 0.429. The molecule has 2 fully saturated rings. The first-order valence-corrected chi connectivity index (χ1v) is 12.8. The number of aromatic hydroxyl groups is 2. The molecule has 4 aliphatic rings. The minimum Gasteiger partial charge on any atom is -0.507 e. The molecule has 12 nitrogen and oxygen atoms in total. The number of fused-ring (bicyclic) bond motifs is 4. The van der Waals surface area contributed by atoms with Crippen molar-refractivity contribution in [1.82, 2.24) is 5.32 Å². The summed E-state index contributed by atoms with van der Waals surface area (Å²) in [6.45, 7) is 2.88. The number of hydrogen-bond acceptors (Lipinski definition) is 11. The summed E-state index contributed by atoms with van der Waals surface area (Å²) in [5.74, 6) is -3.18. The smallest absolute Gasteiger partial charge is 0.407 e. The Kier molecular flexibility index (Phi) is 5.91. The van der Waals surface area contributed by atoms with Crippen molar-refractivity contribution in [1.29, 1.82) is 0 Å². The van der Waals surface area contributed by atoms with E-state index in [2.05, 4.69) is 5.32 Å². The van der Waals surface area contributed by atoms with E-state index in [4.69, 9.17) is 18.9 Å². The van der Waals surface area contributed by atoms with Crippen LogP contribution in [0.4, 0.5) is 4.79 Å². The van der Waals surface area contributed by atoms with Crippen molar-refractivity contribution in [3.63, 3.8) is 0 Å². The maximum Gasteiger partial charge on any atom is 0.407 e. The van der Waals surface area contributed by atoms with Gasteiger partial charge in [0.15, 0.2) is 17.9 Å². The number of methoxy groups -OCH3 is 1. The van der Waals surface area contributed by atoms with Crippen LogP contribution in [0.15, 0.2) is 18.2 Å². The molecular formula is C28H27NO11. The Morgan fingerprint density at radius 1 is 1.10 bits per heavy atom. The summed E-state index contributed by atoms with van der Waals surface area (Å²) >= 11 is 0. The molecule has 6 atom stereocenters. The molecule has 0 bridgehead atoms. The molecule has 4 N–H and O–H groups in total. The summed E-state index contributed by atoms with van der Waals surface area (Å²) in [5, 5.41) is 36.9. The van der Waals surface area contributed by atoms with Gasteiger partial charge in [-0.25, -0.2) is 4.79 Å². The van der Waals surface area contributed by atoms with Gasteiger partial charge in [-0.1, -0.05) is 12.1 Å². The number of ether oxygens (including phenoxy) is 4. The standard InChI is InChI=1S/C28H27NO11/c1-10-26-14(29-27(35)40-26)7-17(38-10)39-16-9-28(36,11(2)30)8-13-19(16)25(34)21-20(23(13)32)22(31)12-5-4-6-15(37-3)18(12)24(21)33/h4-6,10,14,16-17,26,32,34,36H,7-9H2,1-3H3,(H,29,35)/t10-,14?,16+,17?,26?,28+/m1/s1. The number of phenols is 2. The predicted molar refractivity (Wildman–Crippen MR) is 134 cm³/mol. The second-order valence-electron chi connectivity index (χ2n) is 10.6. The van der Waals surface area contributed by atoms with E-state index in [-0.39, 0.29) is 40.8 Å². The Hall–Kier alpha value is -4.00. The van der Waals surface area contributed by atoms with Crippen LogP contribution in [0.2, 0.25) is 0 Å². The topological polar surface area (TPSA) is 178 Å². The highest BCUT2D eigenvalue weighted by molar-refractivity contribution is 6.31. The molecule has 3 unspecified atom stereocenters. The molecule has 2 saturated heterocycles. The van der Waals surface area contributed by atoms with Gasteiger partial charge < -0.3 is 39.6 Å². The highest BCUT2D eigenvalue weighted by atomic mass is 16.7. The zero-order valence-electron chi connectivity index (χ0n) is 21.8. The second kappa shape index (κ2) is 9.01. The Bertz CT molecular complexity index is 1500. The Labute approximate surface area is 227 Å². The van der Waals surface area contributed by atoms with E-state index in [1.165, 1.54) is 32.2 Å². The number of phenolic OH excluding ortho intramolecular Hbond substituents is 2. The van der Waals surface area contributed by atoms with Crippen LogP contribution in [0, 0.1) is 0 Å². The summed E-state index contributed by atoms with van der Waals surface area (Å²) in [5.41, 5.74) is -3.05. The van der Waals surface area contributed by atoms with Gasteiger partial charge in [-0.05, 0) is 19.9 Å². The van der Waals surface area contributed by atoms with Crippen LogP contribution >= 0.6 is 0 Å². The quantitative estimate of drug-likeness (QED) is 0.346. The minimum absolute atomic E-state index is 0.0167. The van der Waals surface area contributed by atoms with Gasteiger partial charge in [0.05, 0.1) is 42.0 Å². The summed E-state index contributed by atoms with van der Waals surface area (Å²) in [6.07, 6.45) is -4.49. The lowest BCUT2D eigenvalue weighted by Gasteiger charge is -2.41. The maximum atomic E-state index is 13.7. The molecule has 40 heavy (non-hydrogen) atoms. The number of aliphatic hydroxyl groups is 1. The Morgan fingerprint density at radius 2 is 1.82 bits per heavy atom. The van der Waals surface area contributed by atoms with Crippen LogP contribution in [0.3, 0.4) is 0 Å². The number of amides is 1. The number of alkyl carbamates (subject to hydrolysis) is 1. The lowest BCUT2D eigenvalue weighted by molar-refractivity contribution is -0.242. The fourth-order valence-electron chi connectivity index (χ4n) is 6.24. The molecule has 2 heterocycles. The number of hydrogen-bond donors (Lipinski definition) is 4. The van der Waals surface area contributed by atoms with Gasteiger partial charge in [0.25, 0.3) is 0 Å². The molecular weight excluding hydrogens is 526 g/mol. The molecule has 2 aromatic rings. The maximum absolute atomic E-state index is 13.7. The molecule has 0 saturated carbocycles. The van der Waals surface area contributed by atoms with Crippen LogP contribution in [-0.2, 0) is 25.4 Å². The minimum atomic E-state index is -2.01. The monoisotopic (exact) mass is 553 g/mol. The lowest BCUT2D eigenvalue weighted by Crippen LogP contribution is -2.50. The van der Waals surface area contributed by atoms with Crippen molar-refractivity contribution < 1.29 is 53.4 Å². The summed E-state index contributed by atoms with van der Waals surface area (Å²) < 4.78 is 22.6. The summed E-state index contributed by atoms with van der Waals surface area (Å²) in [7, 11) is 1.34. The van der Waals surface area contributed by atoms with E-state index < -0.39 is 88.7 Å². The summed E-state index contributed by atoms with van der Waals surface area (Å²) in [6, 6.07) is 4.01. The fourth-order valence-corrected chi connectivity index (χ4v) is 6.24. The average molecular weight is 554 g/mol. The molecule has 1 amide bonds. The highest BCUT2D eigenvalue weighted by Gasteiger charge is 2.50. The zero-order chi connectivity index (χ0) is 28.7. The molecule has 210 valence electrons. The van der Waals surface area contributed by atoms with E-state index >= 15 is 0 Å². The van der Waals surface area contributed by atoms with Gasteiger partial charge in [0, 0.05) is 36.0 Å². The van der Waals surface area contributed by atoms with Crippen LogP contribution in [0.25, 0.3) is 0 Å². The number of Topliss-reactive ketones (excluding diaryl/α,β-unsaturated/α-hetero) is 1. The van der Waals surface area contributed by atoms with Gasteiger partial charge in [-0.3, -0.25) is 14.4 Å². The third kappa shape index (κ3) is 3.70. The molecule has 0 aromatic heterocycles. The number of rotatable bonds is 4. The van der Waals surface area contributed by atoms with Gasteiger partial charge in [-0.2, -0.15) is 0 Å². The van der Waals surface area contributed by atoms with Crippen molar-refractivity contribution in [3.8, 4) is 17.2 Å². The van der Waals surface area contributed by atoms with E-state index in [0.29, 0.717) is 0 Å². The largest absolute Gasteiger partial charge is 0.507 e. The molecule has 2 aliphatic carbocycles. The first-order chi connectivity index (χ1) is 18.9. The van der Waals surface area contributed by atoms with Crippen LogP contribution < -0.4 is 10.1 Å². The predicted octanol–water partition coefficient (Wildman–Crippen LogP) is 1.82. The normalized spacial score (nSPS) is 30.4. The Balaban J connectivity index is 1.48. The Morgan fingerprint density at radius 3 is 2.52 bits per heavy atom. The highest BCUT2D eigenvalue weighted by Crippen LogP contribution is 2.52. The van der Waals surface area contributed by atoms with Crippen molar-refractivity contribution in [3.05, 3.63) is 51.6 Å². The number of benzene rings is 2. The summed E-state index contributed by atoms with van der Waals surface area (Å²) in [4.78, 5) is 51.6. The number of carbonyl (C=O) groups excluding carboxylic acids is 4. The third-order valence-electron chi connectivity index (χ3n) is 8.27. The van der Waals surface area contributed by atoms with Crippen molar-refractivity contribution in [2.45, 2.75) is 69.4 Å². The van der Waals surface area contributed by atoms with Gasteiger partial charge in [0.2, 0.25) is 5.78 Å². The molecule has 0 radical (unpaired) electrons. The van der Waals surface area contributed by atoms with Crippen molar-refractivity contribution in [2.75, 3.05) is 7.11 Å². The zero-order valence-corrected chi connectivity index (χ0v) is 21.8. The van der Waals surface area contributed by atoms with Crippen molar-refractivity contribution >= 4 is 23.4 Å². The van der Waals surface area contributed by atoms with Crippen LogP contribution in [0.5, 0.6) is 17.2 Å². The molecule has 6 rings (SSSR count). The van der Waals surface area contributed by atoms with Gasteiger partial charge in [-0.15, -0.1) is 0 Å². The molecule has 12 heteroatoms. The van der Waals surface area contributed by atoms with Crippen molar-refractivity contribution in [2.24, 2.45) is 0 Å².